The molecule has 2 aromatic rings. The zero-order valence-electron chi connectivity index (χ0n) is 13.3. The molecule has 24 heavy (non-hydrogen) atoms. The van der Waals surface area contributed by atoms with Gasteiger partial charge in [-0.25, -0.2) is 14.1 Å². The number of imide groups is 1. The zero-order valence-corrected chi connectivity index (χ0v) is 13.3. The molecule has 5 heteroatoms. The molecule has 1 aliphatic rings. The van der Waals surface area contributed by atoms with Crippen LogP contribution in [0.15, 0.2) is 60.7 Å². The fourth-order valence-electron chi connectivity index (χ4n) is 2.90. The van der Waals surface area contributed by atoms with E-state index in [9.17, 15) is 14.0 Å². The zero-order chi connectivity index (χ0) is 17.1. The van der Waals surface area contributed by atoms with E-state index in [1.165, 1.54) is 0 Å². The van der Waals surface area contributed by atoms with Gasteiger partial charge in [-0.15, -0.1) is 0 Å². The number of hydrogen-bond acceptors (Lipinski definition) is 3. The number of halogens is 1. The van der Waals surface area contributed by atoms with Crippen LogP contribution in [0.1, 0.15) is 24.2 Å². The number of alkyl halides is 1. The number of carbonyl (C=O) groups excluding carboxylic acids is 2. The van der Waals surface area contributed by atoms with Gasteiger partial charge in [0.2, 0.25) is 0 Å². The number of cyclic esters (lactones) is 1. The van der Waals surface area contributed by atoms with E-state index >= 15 is 0 Å². The van der Waals surface area contributed by atoms with E-state index in [1.807, 2.05) is 36.4 Å². The molecule has 3 atom stereocenters. The first-order valence-corrected chi connectivity index (χ1v) is 7.84. The SMILES string of the molecule is C[C@H]1[C@@H](c2ccccc2)OC(=O)N1C(=O)[C@@H](F)Cc1ccccc1. The van der Waals surface area contributed by atoms with Crippen LogP contribution < -0.4 is 0 Å². The van der Waals surface area contributed by atoms with E-state index in [-0.39, 0.29) is 6.42 Å². The molecule has 124 valence electrons. The van der Waals surface area contributed by atoms with Gasteiger partial charge in [-0.2, -0.15) is 0 Å². The number of amides is 2. The van der Waals surface area contributed by atoms with Crippen molar-refractivity contribution in [1.82, 2.24) is 4.90 Å². The van der Waals surface area contributed by atoms with E-state index in [0.717, 1.165) is 10.5 Å². The summed E-state index contributed by atoms with van der Waals surface area (Å²) in [6.45, 7) is 1.69. The number of nitrogens with zero attached hydrogens (tertiary/aromatic N) is 1. The Morgan fingerprint density at radius 3 is 2.33 bits per heavy atom. The number of benzene rings is 2. The average Bonchev–Trinajstić information content (AvgIpc) is 2.90. The second-order valence-corrected chi connectivity index (χ2v) is 5.82. The number of rotatable bonds is 4. The molecule has 0 aliphatic carbocycles. The average molecular weight is 327 g/mol. The summed E-state index contributed by atoms with van der Waals surface area (Å²) in [5.41, 5.74) is 1.49. The van der Waals surface area contributed by atoms with Crippen LogP contribution in [0.4, 0.5) is 9.18 Å². The maximum absolute atomic E-state index is 14.4. The predicted molar refractivity (Wildman–Crippen MR) is 87.0 cm³/mol. The fourth-order valence-corrected chi connectivity index (χ4v) is 2.90. The lowest BCUT2D eigenvalue weighted by atomic mass is 10.0. The van der Waals surface area contributed by atoms with Crippen LogP contribution >= 0.6 is 0 Å². The Hall–Kier alpha value is -2.69. The molecule has 1 aliphatic heterocycles. The second kappa shape index (κ2) is 6.83. The molecule has 0 spiro atoms. The summed E-state index contributed by atoms with van der Waals surface area (Å²) in [5, 5.41) is 0. The van der Waals surface area contributed by atoms with Crippen molar-refractivity contribution in [1.29, 1.82) is 0 Å². The Bertz CT molecular complexity index is 720. The monoisotopic (exact) mass is 327 g/mol. The third-order valence-electron chi connectivity index (χ3n) is 4.16. The van der Waals surface area contributed by atoms with Crippen molar-refractivity contribution in [2.24, 2.45) is 0 Å². The van der Waals surface area contributed by atoms with Crippen LogP contribution in [-0.2, 0) is 16.0 Å². The summed E-state index contributed by atoms with van der Waals surface area (Å²) in [4.78, 5) is 25.4. The van der Waals surface area contributed by atoms with Crippen molar-refractivity contribution in [3.63, 3.8) is 0 Å². The highest BCUT2D eigenvalue weighted by molar-refractivity contribution is 5.96. The highest BCUT2D eigenvalue weighted by Gasteiger charge is 2.45. The van der Waals surface area contributed by atoms with Crippen LogP contribution in [0.5, 0.6) is 0 Å². The Kier molecular flexibility index (Phi) is 4.60. The molecule has 4 nitrogen and oxygen atoms in total. The molecule has 0 saturated carbocycles. The maximum atomic E-state index is 14.4. The maximum Gasteiger partial charge on any atom is 0.417 e. The summed E-state index contributed by atoms with van der Waals surface area (Å²) in [6.07, 6.45) is -3.22. The smallest absolute Gasteiger partial charge is 0.417 e. The molecule has 0 unspecified atom stereocenters. The number of carbonyl (C=O) groups is 2. The summed E-state index contributed by atoms with van der Waals surface area (Å²) in [5.74, 6) is -0.852. The highest BCUT2D eigenvalue weighted by atomic mass is 19.1. The summed E-state index contributed by atoms with van der Waals surface area (Å²) in [7, 11) is 0. The van der Waals surface area contributed by atoms with Gasteiger partial charge >= 0.3 is 6.09 Å². The first kappa shape index (κ1) is 16.2. The van der Waals surface area contributed by atoms with Gasteiger partial charge in [0.15, 0.2) is 6.17 Å². The Morgan fingerprint density at radius 1 is 1.12 bits per heavy atom. The number of ether oxygens (including phenoxy) is 1. The van der Waals surface area contributed by atoms with Crippen molar-refractivity contribution in [2.45, 2.75) is 31.7 Å². The molecule has 2 aromatic carbocycles. The third kappa shape index (κ3) is 3.15. The molecular weight excluding hydrogens is 309 g/mol. The normalized spacial score (nSPS) is 21.4. The lowest BCUT2D eigenvalue weighted by Crippen LogP contribution is -2.43. The van der Waals surface area contributed by atoms with E-state index in [4.69, 9.17) is 4.74 Å². The first-order chi connectivity index (χ1) is 11.6. The molecule has 0 radical (unpaired) electrons. The van der Waals surface area contributed by atoms with E-state index < -0.39 is 30.3 Å². The summed E-state index contributed by atoms with van der Waals surface area (Å²) in [6, 6.07) is 17.5. The molecule has 1 saturated heterocycles. The minimum absolute atomic E-state index is 0.0633. The van der Waals surface area contributed by atoms with Crippen molar-refractivity contribution in [3.05, 3.63) is 71.8 Å². The van der Waals surface area contributed by atoms with Gasteiger partial charge in [-0.05, 0) is 18.1 Å². The van der Waals surface area contributed by atoms with Gasteiger partial charge in [0, 0.05) is 6.42 Å². The van der Waals surface area contributed by atoms with Crippen LogP contribution in [-0.4, -0.2) is 29.1 Å². The van der Waals surface area contributed by atoms with Gasteiger partial charge < -0.3 is 4.74 Å². The Labute approximate surface area is 139 Å². The van der Waals surface area contributed by atoms with Crippen LogP contribution in [0, 0.1) is 0 Å². The Morgan fingerprint density at radius 2 is 1.71 bits per heavy atom. The van der Waals surface area contributed by atoms with Gasteiger partial charge in [-0.1, -0.05) is 60.7 Å². The molecule has 0 N–H and O–H groups in total. The van der Waals surface area contributed by atoms with Crippen LogP contribution in [0.2, 0.25) is 0 Å². The van der Waals surface area contributed by atoms with Crippen molar-refractivity contribution >= 4 is 12.0 Å². The highest BCUT2D eigenvalue weighted by Crippen LogP contribution is 2.33. The third-order valence-corrected chi connectivity index (χ3v) is 4.16. The Balaban J connectivity index is 1.74. The van der Waals surface area contributed by atoms with Gasteiger partial charge in [-0.3, -0.25) is 4.79 Å². The van der Waals surface area contributed by atoms with Crippen LogP contribution in [0.25, 0.3) is 0 Å². The van der Waals surface area contributed by atoms with Crippen molar-refractivity contribution in [3.8, 4) is 0 Å². The molecule has 2 amide bonds. The molecule has 1 fully saturated rings. The molecule has 1 heterocycles. The summed E-state index contributed by atoms with van der Waals surface area (Å²) < 4.78 is 19.7. The molecule has 0 bridgehead atoms. The lowest BCUT2D eigenvalue weighted by molar-refractivity contribution is -0.134. The van der Waals surface area contributed by atoms with Crippen LogP contribution in [0.3, 0.4) is 0 Å². The van der Waals surface area contributed by atoms with Gasteiger partial charge in [0.1, 0.15) is 6.10 Å². The predicted octanol–water partition coefficient (Wildman–Crippen LogP) is 3.68. The van der Waals surface area contributed by atoms with E-state index in [0.29, 0.717) is 5.56 Å². The van der Waals surface area contributed by atoms with Crippen molar-refractivity contribution in [2.75, 3.05) is 0 Å². The van der Waals surface area contributed by atoms with Crippen molar-refractivity contribution < 1.29 is 18.7 Å². The standard InChI is InChI=1S/C19H18FNO3/c1-13-17(15-10-6-3-7-11-15)24-19(23)21(13)18(22)16(20)12-14-8-4-2-5-9-14/h2-11,13,16-17H,12H2,1H3/t13-,16-,17-/m0/s1. The summed E-state index contributed by atoms with van der Waals surface area (Å²) >= 11 is 0. The lowest BCUT2D eigenvalue weighted by Gasteiger charge is -2.21. The molecule has 0 aromatic heterocycles. The molecule has 3 rings (SSSR count). The topological polar surface area (TPSA) is 46.6 Å². The quantitative estimate of drug-likeness (QED) is 0.861. The fraction of sp³-hybridized carbons (Fsp3) is 0.263. The van der Waals surface area contributed by atoms with Gasteiger partial charge in [0.05, 0.1) is 6.04 Å². The first-order valence-electron chi connectivity index (χ1n) is 7.84. The molecular formula is C19H18FNO3. The second-order valence-electron chi connectivity index (χ2n) is 5.82. The van der Waals surface area contributed by atoms with Gasteiger partial charge in [0.25, 0.3) is 5.91 Å². The minimum atomic E-state index is -1.78. The largest absolute Gasteiger partial charge is 0.439 e. The minimum Gasteiger partial charge on any atom is -0.439 e. The van der Waals surface area contributed by atoms with E-state index in [1.54, 1.807) is 31.2 Å². The number of hydrogen-bond donors (Lipinski definition) is 0. The van der Waals surface area contributed by atoms with E-state index in [2.05, 4.69) is 0 Å².